The van der Waals surface area contributed by atoms with Crippen molar-refractivity contribution in [3.05, 3.63) is 323 Å². The number of methoxy groups -OCH3 is 1. The lowest BCUT2D eigenvalue weighted by Crippen LogP contribution is -2.68. The van der Waals surface area contributed by atoms with Crippen LogP contribution in [0.4, 0.5) is 0 Å². The first kappa shape index (κ1) is 93.0. The molecule has 4 heterocycles. The second kappa shape index (κ2) is 47.8. The second-order valence-corrected chi connectivity index (χ2v) is 31.8. The lowest BCUT2D eigenvalue weighted by Gasteiger charge is -2.51. The van der Waals surface area contributed by atoms with Gasteiger partial charge in [-0.3, -0.25) is 28.2 Å². The number of phosphoric ester groups is 1. The zero-order valence-electron chi connectivity index (χ0n) is 70.1. The van der Waals surface area contributed by atoms with Crippen LogP contribution in [0.5, 0.6) is 0 Å². The molecule has 0 radical (unpaired) electrons. The van der Waals surface area contributed by atoms with Crippen LogP contribution in [-0.4, -0.2) is 185 Å². The summed E-state index contributed by atoms with van der Waals surface area (Å²) in [5.41, 5.74) is 6.91. The number of hydrogen-bond donors (Lipinski definition) is 1. The van der Waals surface area contributed by atoms with Gasteiger partial charge in [-0.1, -0.05) is 273 Å². The van der Waals surface area contributed by atoms with E-state index >= 15 is 4.57 Å². The lowest BCUT2D eigenvalue weighted by molar-refractivity contribution is -0.401. The minimum Gasteiger partial charge on any atom is -0.456 e. The molecule has 21 atom stereocenters. The fourth-order valence-corrected chi connectivity index (χ4v) is 16.0. The van der Waals surface area contributed by atoms with E-state index in [2.05, 4.69) is 0 Å². The van der Waals surface area contributed by atoms with Gasteiger partial charge in [0.15, 0.2) is 49.6 Å². The standard InChI is InChI=1S/C96H107O28P/c1-64(97)114-84-80(118-93(103-5)92(117-67(4)100)88(84)115-65(2)98)63-113-125(101,102)124-96-91(87(112-59-76-49-31-14-32-50-76)83(109-56-73-43-25-11-26-44-73)79(121-96)62-106-53-70-37-19-8-20-38-70)123-95-90(86(111-58-75-47-29-13-30-48-75)82(108-55-72-41-23-10-24-42-72)78(120-95)61-105-52-69-35-17-7-18-36-69)122-94-89(116-66(3)99)85(110-57-74-45-27-12-28-46-74)81(107-54-71-39-21-9-22-40-71)77(119-94)60-104-51-68-33-15-6-16-34-68/h6-50,77-96H,51-63H2,1-5H3,(H,101,102)/t77-,78-,79-,80-,81-,82-,83-,84-,85+,86+,87+,88+,89+,90+,91+,92+,93+,94+,95+,96-/m1/s1. The van der Waals surface area contributed by atoms with Crippen molar-refractivity contribution < 1.29 is 132 Å². The molecule has 4 fully saturated rings. The van der Waals surface area contributed by atoms with Gasteiger partial charge in [-0.25, -0.2) is 4.57 Å². The van der Waals surface area contributed by atoms with Gasteiger partial charge < -0.3 is 99.6 Å². The van der Waals surface area contributed by atoms with E-state index in [0.717, 1.165) is 59.7 Å². The highest BCUT2D eigenvalue weighted by Gasteiger charge is 2.60. The van der Waals surface area contributed by atoms with Crippen molar-refractivity contribution in [3.8, 4) is 0 Å². The average molecular weight is 1740 g/mol. The highest BCUT2D eigenvalue weighted by Crippen LogP contribution is 2.50. The van der Waals surface area contributed by atoms with E-state index in [0.29, 0.717) is 11.1 Å². The van der Waals surface area contributed by atoms with Crippen molar-refractivity contribution >= 4 is 31.7 Å². The average Bonchev–Trinajstić information content (AvgIpc) is 0.766. The van der Waals surface area contributed by atoms with Gasteiger partial charge in [0, 0.05) is 34.8 Å². The quantitative estimate of drug-likeness (QED) is 0.0211. The Morgan fingerprint density at radius 1 is 0.272 bits per heavy atom. The van der Waals surface area contributed by atoms with E-state index in [1.54, 1.807) is 0 Å². The minimum atomic E-state index is -5.75. The summed E-state index contributed by atoms with van der Waals surface area (Å²) in [5, 5.41) is 0. The molecule has 9 aromatic carbocycles. The Bertz CT molecular complexity index is 4720. The summed E-state index contributed by atoms with van der Waals surface area (Å²) in [4.78, 5) is 65.8. The monoisotopic (exact) mass is 1740 g/mol. The maximum Gasteiger partial charge on any atom is 0.474 e. The number of hydrogen-bond acceptors (Lipinski definition) is 27. The number of phosphoric acid groups is 1. The molecule has 28 nitrogen and oxygen atoms in total. The van der Waals surface area contributed by atoms with Crippen molar-refractivity contribution in [2.45, 2.75) is 210 Å². The topological polar surface area (TPSA) is 309 Å². The first-order chi connectivity index (χ1) is 61.0. The highest BCUT2D eigenvalue weighted by molar-refractivity contribution is 7.47. The fourth-order valence-electron chi connectivity index (χ4n) is 15.1. The maximum absolute atomic E-state index is 15.8. The number of benzene rings is 9. The Hall–Kier alpha value is -9.67. The molecule has 29 heteroatoms. The number of rotatable bonds is 44. The van der Waals surface area contributed by atoms with Crippen molar-refractivity contribution in [3.63, 3.8) is 0 Å². The molecule has 4 saturated heterocycles. The summed E-state index contributed by atoms with van der Waals surface area (Å²) < 4.78 is 164. The van der Waals surface area contributed by atoms with Gasteiger partial charge in [0.2, 0.25) is 0 Å². The summed E-state index contributed by atoms with van der Waals surface area (Å²) in [6, 6.07) is 84.8. The number of carbonyl (C=O) groups excluding carboxylic acids is 4. The zero-order valence-corrected chi connectivity index (χ0v) is 71.0. The zero-order chi connectivity index (χ0) is 87.1. The van der Waals surface area contributed by atoms with Crippen molar-refractivity contribution in [2.75, 3.05) is 33.5 Å². The van der Waals surface area contributed by atoms with E-state index in [-0.39, 0.29) is 79.3 Å². The molecule has 4 aliphatic heterocycles. The third-order valence-corrected chi connectivity index (χ3v) is 21.9. The lowest BCUT2D eigenvalue weighted by atomic mass is 9.95. The smallest absolute Gasteiger partial charge is 0.456 e. The van der Waals surface area contributed by atoms with Gasteiger partial charge in [0.05, 0.1) is 85.9 Å². The molecule has 1 unspecified atom stereocenters. The van der Waals surface area contributed by atoms with Crippen LogP contribution in [0.1, 0.15) is 77.8 Å². The Morgan fingerprint density at radius 3 is 0.792 bits per heavy atom. The molecular weight excluding hydrogens is 1630 g/mol. The Morgan fingerprint density at radius 2 is 0.496 bits per heavy atom. The largest absolute Gasteiger partial charge is 0.474 e. The Labute approximate surface area is 727 Å². The van der Waals surface area contributed by atoms with Crippen molar-refractivity contribution in [1.29, 1.82) is 0 Å². The third-order valence-electron chi connectivity index (χ3n) is 20.9. The molecule has 4 aliphatic rings. The predicted molar refractivity (Wildman–Crippen MR) is 449 cm³/mol. The van der Waals surface area contributed by atoms with Crippen LogP contribution in [0.3, 0.4) is 0 Å². The van der Waals surface area contributed by atoms with Crippen LogP contribution in [0.2, 0.25) is 0 Å². The summed E-state index contributed by atoms with van der Waals surface area (Å²) in [6.45, 7) is 2.72. The van der Waals surface area contributed by atoms with E-state index in [9.17, 15) is 24.1 Å². The molecule has 0 aromatic heterocycles. The fraction of sp³-hybridized carbons (Fsp3) is 0.396. The van der Waals surface area contributed by atoms with Crippen LogP contribution in [0.15, 0.2) is 273 Å². The highest BCUT2D eigenvalue weighted by atomic mass is 31.2. The molecule has 0 spiro atoms. The number of carbonyl (C=O) groups is 4. The van der Waals surface area contributed by atoms with Gasteiger partial charge in [-0.05, 0) is 50.1 Å². The van der Waals surface area contributed by atoms with Crippen LogP contribution in [0.25, 0.3) is 0 Å². The Balaban J connectivity index is 0.980. The van der Waals surface area contributed by atoms with E-state index in [1.165, 1.54) is 14.0 Å². The normalized spacial score (nSPS) is 26.6. The summed E-state index contributed by atoms with van der Waals surface area (Å²) in [7, 11) is -4.54. The van der Waals surface area contributed by atoms with Gasteiger partial charge in [0.25, 0.3) is 0 Å². The van der Waals surface area contributed by atoms with Gasteiger partial charge in [0.1, 0.15) is 73.2 Å². The molecule has 0 aliphatic carbocycles. The molecule has 0 amide bonds. The van der Waals surface area contributed by atoms with Crippen LogP contribution in [0, 0.1) is 0 Å². The predicted octanol–water partition coefficient (Wildman–Crippen LogP) is 13.3. The summed E-state index contributed by atoms with van der Waals surface area (Å²) >= 11 is 0. The van der Waals surface area contributed by atoms with E-state index in [1.807, 2.05) is 273 Å². The van der Waals surface area contributed by atoms with Crippen LogP contribution in [-0.2, 0) is 187 Å². The molecular formula is C96H107O28P. The van der Waals surface area contributed by atoms with E-state index < -0.39 is 161 Å². The summed E-state index contributed by atoms with van der Waals surface area (Å²) in [6.07, 6.45) is -30.2. The van der Waals surface area contributed by atoms with Gasteiger partial charge >= 0.3 is 31.7 Å². The Kier molecular flexibility index (Phi) is 35.5. The SMILES string of the molecule is CO[C@H]1O[C@H](COP(=O)(O)O[C@H]2O[C@H](COCc3ccccc3)[C@@H](OCc3ccccc3)[C@H](OCc3ccccc3)[C@@H]2O[C@@H]2O[C@H](COCc3ccccc3)[C@@H](OCc3ccccc3)[C@H](OCc3ccccc3)[C@@H]2O[C@@H]2O[C@H](COCc3ccccc3)[C@@H](OCc3ccccc3)[C@H](OCc3ccccc3)[C@@H]2OC(C)=O)[C@@H](OC(C)=O)[C@H](OC(C)=O)[C@@H]1OC(C)=O. The minimum absolute atomic E-state index is 0.0291. The molecule has 0 bridgehead atoms. The number of ether oxygens (including phenoxy) is 20. The number of esters is 4. The molecule has 9 aromatic rings. The molecule has 125 heavy (non-hydrogen) atoms. The first-order valence-electron chi connectivity index (χ1n) is 41.5. The van der Waals surface area contributed by atoms with Crippen molar-refractivity contribution in [2.24, 2.45) is 0 Å². The van der Waals surface area contributed by atoms with Crippen molar-refractivity contribution in [1.82, 2.24) is 0 Å². The van der Waals surface area contributed by atoms with Gasteiger partial charge in [-0.2, -0.15) is 0 Å². The molecule has 1 N–H and O–H groups in total. The molecule has 0 saturated carbocycles. The van der Waals surface area contributed by atoms with Gasteiger partial charge in [-0.15, -0.1) is 0 Å². The van der Waals surface area contributed by atoms with E-state index in [4.69, 9.17) is 104 Å². The van der Waals surface area contributed by atoms with Crippen LogP contribution < -0.4 is 0 Å². The molecule has 664 valence electrons. The summed E-state index contributed by atoms with van der Waals surface area (Å²) in [5.74, 6) is -3.41. The van der Waals surface area contributed by atoms with Crippen LogP contribution >= 0.6 is 7.82 Å². The third kappa shape index (κ3) is 27.9. The maximum atomic E-state index is 15.8. The second-order valence-electron chi connectivity index (χ2n) is 30.3. The first-order valence-corrected chi connectivity index (χ1v) is 43.0. The molecule has 13 rings (SSSR count).